The predicted octanol–water partition coefficient (Wildman–Crippen LogP) is 5.28. The molecule has 4 aromatic rings. The van der Waals surface area contributed by atoms with Crippen molar-refractivity contribution >= 4 is 0 Å². The third-order valence-electron chi connectivity index (χ3n) is 6.28. The van der Waals surface area contributed by atoms with Gasteiger partial charge in [-0.15, -0.1) is 0 Å². The number of nitrogens with zero attached hydrogens (tertiary/aromatic N) is 2. The molecule has 2 aromatic carbocycles. The van der Waals surface area contributed by atoms with E-state index in [0.717, 1.165) is 18.4 Å². The lowest BCUT2D eigenvalue weighted by molar-refractivity contribution is 0.199. The van der Waals surface area contributed by atoms with Gasteiger partial charge in [-0.1, -0.05) is 42.5 Å². The van der Waals surface area contributed by atoms with Crippen LogP contribution in [0.15, 0.2) is 91.5 Å². The summed E-state index contributed by atoms with van der Waals surface area (Å²) in [6.07, 6.45) is 8.69. The molecule has 3 heteroatoms. The quantitative estimate of drug-likeness (QED) is 0.502. The minimum Gasteiger partial charge on any atom is -0.389 e. The zero-order chi connectivity index (χ0) is 20.6. The summed E-state index contributed by atoms with van der Waals surface area (Å²) in [5.41, 5.74) is 8.42. The standard InChI is InChI=1S/C27H24N2O/c1-19(30)22-6-7-24-23-4-2-3-5-25(23)27(26(24)16-22,17-20-8-12-28-13-9-20)18-21-10-14-29-15-11-21/h2-16,19,30H,17-18H2,1H3. The number of aliphatic hydroxyl groups is 1. The Morgan fingerprint density at radius 1 is 0.733 bits per heavy atom. The van der Waals surface area contributed by atoms with Crippen LogP contribution in [0, 0.1) is 0 Å². The second kappa shape index (κ2) is 7.51. The summed E-state index contributed by atoms with van der Waals surface area (Å²) in [4.78, 5) is 8.42. The van der Waals surface area contributed by atoms with Crippen LogP contribution in [0.1, 0.15) is 40.8 Å². The molecule has 2 aromatic heterocycles. The Morgan fingerprint density at radius 2 is 1.30 bits per heavy atom. The third-order valence-corrected chi connectivity index (χ3v) is 6.28. The van der Waals surface area contributed by atoms with Crippen molar-refractivity contribution in [3.8, 4) is 11.1 Å². The molecule has 0 bridgehead atoms. The molecule has 0 fully saturated rings. The first-order valence-corrected chi connectivity index (χ1v) is 10.4. The molecule has 1 unspecified atom stereocenters. The molecular weight excluding hydrogens is 368 g/mol. The molecule has 1 aliphatic carbocycles. The number of hydrogen-bond donors (Lipinski definition) is 1. The number of fused-ring (bicyclic) bond motifs is 3. The van der Waals surface area contributed by atoms with Gasteiger partial charge in [-0.25, -0.2) is 0 Å². The van der Waals surface area contributed by atoms with Crippen molar-refractivity contribution in [2.75, 3.05) is 0 Å². The number of aromatic nitrogens is 2. The smallest absolute Gasteiger partial charge is 0.0762 e. The van der Waals surface area contributed by atoms with Crippen LogP contribution in [0.5, 0.6) is 0 Å². The molecule has 3 nitrogen and oxygen atoms in total. The van der Waals surface area contributed by atoms with Crippen LogP contribution >= 0.6 is 0 Å². The molecule has 0 saturated carbocycles. The normalized spacial score (nSPS) is 14.7. The summed E-state index contributed by atoms with van der Waals surface area (Å²) >= 11 is 0. The first-order chi connectivity index (χ1) is 14.7. The molecule has 0 amide bonds. The summed E-state index contributed by atoms with van der Waals surface area (Å²) in [5, 5.41) is 10.3. The van der Waals surface area contributed by atoms with Crippen molar-refractivity contribution in [2.24, 2.45) is 0 Å². The van der Waals surface area contributed by atoms with Crippen LogP contribution in [0.25, 0.3) is 11.1 Å². The minimum absolute atomic E-state index is 0.223. The zero-order valence-corrected chi connectivity index (χ0v) is 17.0. The number of aliphatic hydroxyl groups excluding tert-OH is 1. The van der Waals surface area contributed by atoms with Crippen LogP contribution < -0.4 is 0 Å². The molecule has 148 valence electrons. The molecule has 0 spiro atoms. The van der Waals surface area contributed by atoms with Gasteiger partial charge in [-0.3, -0.25) is 9.97 Å². The van der Waals surface area contributed by atoms with E-state index < -0.39 is 6.10 Å². The highest BCUT2D eigenvalue weighted by Gasteiger charge is 2.43. The molecule has 30 heavy (non-hydrogen) atoms. The Morgan fingerprint density at radius 3 is 1.90 bits per heavy atom. The van der Waals surface area contributed by atoms with Crippen LogP contribution in [-0.4, -0.2) is 15.1 Å². The average Bonchev–Trinajstić information content (AvgIpc) is 3.04. The summed E-state index contributed by atoms with van der Waals surface area (Å²) in [5.74, 6) is 0. The Kier molecular flexibility index (Phi) is 4.68. The molecule has 5 rings (SSSR count). The van der Waals surface area contributed by atoms with E-state index in [-0.39, 0.29) is 5.41 Å². The Bertz CT molecular complexity index is 1130. The zero-order valence-electron chi connectivity index (χ0n) is 17.0. The van der Waals surface area contributed by atoms with E-state index in [1.807, 2.05) is 31.7 Å². The van der Waals surface area contributed by atoms with E-state index in [1.165, 1.54) is 33.4 Å². The lowest BCUT2D eigenvalue weighted by atomic mass is 9.69. The van der Waals surface area contributed by atoms with E-state index in [1.54, 1.807) is 0 Å². The molecule has 1 aliphatic rings. The van der Waals surface area contributed by atoms with Crippen molar-refractivity contribution in [3.05, 3.63) is 119 Å². The highest BCUT2D eigenvalue weighted by Crippen LogP contribution is 2.52. The molecule has 0 saturated heterocycles. The van der Waals surface area contributed by atoms with Gasteiger partial charge in [0.2, 0.25) is 0 Å². The van der Waals surface area contributed by atoms with Crippen molar-refractivity contribution < 1.29 is 5.11 Å². The molecule has 1 atom stereocenters. The largest absolute Gasteiger partial charge is 0.389 e. The van der Waals surface area contributed by atoms with E-state index >= 15 is 0 Å². The van der Waals surface area contributed by atoms with Crippen LogP contribution in [-0.2, 0) is 18.3 Å². The van der Waals surface area contributed by atoms with Crippen LogP contribution in [0.3, 0.4) is 0 Å². The van der Waals surface area contributed by atoms with Crippen molar-refractivity contribution in [1.82, 2.24) is 9.97 Å². The maximum absolute atomic E-state index is 10.3. The van der Waals surface area contributed by atoms with Gasteiger partial charge in [0.1, 0.15) is 0 Å². The van der Waals surface area contributed by atoms with Gasteiger partial charge >= 0.3 is 0 Å². The highest BCUT2D eigenvalue weighted by atomic mass is 16.3. The maximum atomic E-state index is 10.3. The number of rotatable bonds is 5. The van der Waals surface area contributed by atoms with Gasteiger partial charge in [-0.2, -0.15) is 0 Å². The molecule has 0 aliphatic heterocycles. The molecule has 1 N–H and O–H groups in total. The van der Waals surface area contributed by atoms with Crippen molar-refractivity contribution in [2.45, 2.75) is 31.3 Å². The van der Waals surface area contributed by atoms with E-state index in [2.05, 4.69) is 76.7 Å². The van der Waals surface area contributed by atoms with Crippen LogP contribution in [0.2, 0.25) is 0 Å². The molecule has 0 radical (unpaired) electrons. The van der Waals surface area contributed by atoms with Crippen LogP contribution in [0.4, 0.5) is 0 Å². The second-order valence-electron chi connectivity index (χ2n) is 8.17. The second-order valence-corrected chi connectivity index (χ2v) is 8.17. The first kappa shape index (κ1) is 18.7. The van der Waals surface area contributed by atoms with Gasteiger partial charge in [0, 0.05) is 30.2 Å². The predicted molar refractivity (Wildman–Crippen MR) is 119 cm³/mol. The lowest BCUT2D eigenvalue weighted by Crippen LogP contribution is -2.31. The fourth-order valence-corrected chi connectivity index (χ4v) is 4.87. The fourth-order valence-electron chi connectivity index (χ4n) is 4.87. The SMILES string of the molecule is CC(O)c1ccc2c(c1)C(Cc1ccncc1)(Cc1ccncc1)c1ccccc1-2. The van der Waals surface area contributed by atoms with Crippen molar-refractivity contribution in [1.29, 1.82) is 0 Å². The third kappa shape index (κ3) is 3.12. The number of pyridine rings is 2. The summed E-state index contributed by atoms with van der Waals surface area (Å²) in [7, 11) is 0. The van der Waals surface area contributed by atoms with Gasteiger partial charge in [0.25, 0.3) is 0 Å². The minimum atomic E-state index is -0.501. The summed E-state index contributed by atoms with van der Waals surface area (Å²) in [6.45, 7) is 1.83. The van der Waals surface area contributed by atoms with Gasteiger partial charge in [0.05, 0.1) is 6.10 Å². The molecular formula is C27H24N2O. The lowest BCUT2D eigenvalue weighted by Gasteiger charge is -2.33. The van der Waals surface area contributed by atoms with Gasteiger partial charge < -0.3 is 5.11 Å². The monoisotopic (exact) mass is 392 g/mol. The van der Waals surface area contributed by atoms with E-state index in [0.29, 0.717) is 0 Å². The van der Waals surface area contributed by atoms with Crippen molar-refractivity contribution in [3.63, 3.8) is 0 Å². The highest BCUT2D eigenvalue weighted by molar-refractivity contribution is 5.82. The Balaban J connectivity index is 1.77. The Labute approximate surface area is 177 Å². The Hall–Kier alpha value is -3.30. The summed E-state index contributed by atoms with van der Waals surface area (Å²) < 4.78 is 0. The first-order valence-electron chi connectivity index (χ1n) is 10.4. The average molecular weight is 393 g/mol. The summed E-state index contributed by atoms with van der Waals surface area (Å²) in [6, 6.07) is 23.6. The fraction of sp³-hybridized carbons (Fsp3) is 0.185. The van der Waals surface area contributed by atoms with E-state index in [9.17, 15) is 5.11 Å². The number of benzene rings is 2. The number of hydrogen-bond acceptors (Lipinski definition) is 3. The molecule has 2 heterocycles. The van der Waals surface area contributed by atoms with Gasteiger partial charge in [0.15, 0.2) is 0 Å². The van der Waals surface area contributed by atoms with E-state index in [4.69, 9.17) is 0 Å². The van der Waals surface area contributed by atoms with Gasteiger partial charge in [-0.05, 0) is 83.0 Å². The topological polar surface area (TPSA) is 46.0 Å². The maximum Gasteiger partial charge on any atom is 0.0762 e.